The van der Waals surface area contributed by atoms with Crippen molar-refractivity contribution >= 4 is 29.1 Å². The van der Waals surface area contributed by atoms with Gasteiger partial charge in [-0.1, -0.05) is 37.0 Å². The maximum absolute atomic E-state index is 12.0. The molecule has 0 aliphatic carbocycles. The maximum Gasteiger partial charge on any atom is 0.225 e. The fraction of sp³-hybridized carbons (Fsp3) is 0.450. The number of benzene rings is 1. The van der Waals surface area contributed by atoms with E-state index in [9.17, 15) is 4.79 Å². The summed E-state index contributed by atoms with van der Waals surface area (Å²) >= 11 is 12.0. The van der Waals surface area contributed by atoms with Crippen molar-refractivity contribution in [1.29, 1.82) is 0 Å². The van der Waals surface area contributed by atoms with Crippen molar-refractivity contribution in [3.8, 4) is 11.3 Å². The average molecular weight is 395 g/mol. The molecule has 0 saturated carbocycles. The summed E-state index contributed by atoms with van der Waals surface area (Å²) in [6.45, 7) is 6.22. The Hall–Kier alpha value is -1.49. The monoisotopic (exact) mass is 394 g/mol. The van der Waals surface area contributed by atoms with Crippen molar-refractivity contribution in [3.63, 3.8) is 0 Å². The number of furan rings is 1. The minimum atomic E-state index is 0.0717. The Labute approximate surface area is 164 Å². The van der Waals surface area contributed by atoms with E-state index in [0.717, 1.165) is 43.0 Å². The van der Waals surface area contributed by atoms with Crippen LogP contribution in [0, 0.1) is 5.92 Å². The zero-order chi connectivity index (χ0) is 18.7. The van der Waals surface area contributed by atoms with Gasteiger partial charge in [-0.05, 0) is 43.2 Å². The van der Waals surface area contributed by atoms with E-state index in [1.54, 1.807) is 12.1 Å². The summed E-state index contributed by atoms with van der Waals surface area (Å²) in [4.78, 5) is 14.0. The summed E-state index contributed by atoms with van der Waals surface area (Å²) in [6, 6.07) is 9.80. The molecule has 1 aliphatic rings. The molecule has 2 aromatic rings. The fourth-order valence-electron chi connectivity index (χ4n) is 3.19. The van der Waals surface area contributed by atoms with Gasteiger partial charge in [-0.15, -0.1) is 0 Å². The lowest BCUT2D eigenvalue weighted by Gasteiger charge is -2.33. The zero-order valence-corrected chi connectivity index (χ0v) is 16.6. The normalized spacial score (nSPS) is 15.7. The van der Waals surface area contributed by atoms with Crippen LogP contribution in [-0.4, -0.2) is 29.9 Å². The Morgan fingerprint density at radius 2 is 1.92 bits per heavy atom. The first kappa shape index (κ1) is 19.3. The van der Waals surface area contributed by atoms with Crippen molar-refractivity contribution in [2.45, 2.75) is 39.3 Å². The summed E-state index contributed by atoms with van der Waals surface area (Å²) in [5.74, 6) is 1.98. The highest BCUT2D eigenvalue weighted by Gasteiger charge is 2.24. The molecule has 0 radical (unpaired) electrons. The summed E-state index contributed by atoms with van der Waals surface area (Å²) < 4.78 is 5.92. The standard InChI is InChI=1S/C20H24Cl2N2O2/c1-13(2)20(25)24-9-7-15(8-10-24)23-12-16-4-6-19(26-16)14-3-5-17(21)18(22)11-14/h3-6,11,13,15,23H,7-10,12H2,1-2H3. The van der Waals surface area contributed by atoms with Crippen LogP contribution in [0.25, 0.3) is 11.3 Å². The van der Waals surface area contributed by atoms with Crippen LogP contribution in [0.3, 0.4) is 0 Å². The van der Waals surface area contributed by atoms with Crippen molar-refractivity contribution < 1.29 is 9.21 Å². The molecule has 3 rings (SSSR count). The largest absolute Gasteiger partial charge is 0.460 e. The molecule has 0 unspecified atom stereocenters. The van der Waals surface area contributed by atoms with Crippen LogP contribution >= 0.6 is 23.2 Å². The smallest absolute Gasteiger partial charge is 0.225 e. The van der Waals surface area contributed by atoms with Crippen molar-refractivity contribution in [3.05, 3.63) is 46.1 Å². The second-order valence-electron chi connectivity index (χ2n) is 7.03. The quantitative estimate of drug-likeness (QED) is 0.776. The molecular weight excluding hydrogens is 371 g/mol. The minimum absolute atomic E-state index is 0.0717. The number of carbonyl (C=O) groups is 1. The van der Waals surface area contributed by atoms with Gasteiger partial charge in [0.15, 0.2) is 0 Å². The number of piperidine rings is 1. The molecular formula is C20H24Cl2N2O2. The van der Waals surface area contributed by atoms with Crippen molar-refractivity contribution in [1.82, 2.24) is 10.2 Å². The molecule has 0 bridgehead atoms. The molecule has 1 amide bonds. The summed E-state index contributed by atoms with van der Waals surface area (Å²) in [5, 5.41) is 4.58. The molecule has 6 heteroatoms. The summed E-state index contributed by atoms with van der Waals surface area (Å²) in [7, 11) is 0. The third-order valence-corrected chi connectivity index (χ3v) is 5.47. The van der Waals surface area contributed by atoms with Crippen LogP contribution in [0.2, 0.25) is 10.0 Å². The molecule has 26 heavy (non-hydrogen) atoms. The fourth-order valence-corrected chi connectivity index (χ4v) is 3.49. The Morgan fingerprint density at radius 1 is 1.19 bits per heavy atom. The molecule has 0 spiro atoms. The van der Waals surface area contributed by atoms with Gasteiger partial charge in [0.05, 0.1) is 16.6 Å². The van der Waals surface area contributed by atoms with Crippen LogP contribution in [0.4, 0.5) is 0 Å². The number of rotatable bonds is 5. The van der Waals surface area contributed by atoms with Gasteiger partial charge in [-0.3, -0.25) is 4.79 Å². The van der Waals surface area contributed by atoms with E-state index in [-0.39, 0.29) is 11.8 Å². The average Bonchev–Trinajstić information content (AvgIpc) is 3.11. The van der Waals surface area contributed by atoms with Gasteiger partial charge in [-0.2, -0.15) is 0 Å². The third-order valence-electron chi connectivity index (χ3n) is 4.73. The van der Waals surface area contributed by atoms with E-state index >= 15 is 0 Å². The van der Waals surface area contributed by atoms with Crippen molar-refractivity contribution in [2.75, 3.05) is 13.1 Å². The van der Waals surface area contributed by atoms with Gasteiger partial charge in [0.1, 0.15) is 11.5 Å². The number of halogens is 2. The minimum Gasteiger partial charge on any atom is -0.460 e. The molecule has 1 fully saturated rings. The highest BCUT2D eigenvalue weighted by molar-refractivity contribution is 6.42. The van der Waals surface area contributed by atoms with Crippen LogP contribution in [0.1, 0.15) is 32.4 Å². The van der Waals surface area contributed by atoms with Gasteiger partial charge >= 0.3 is 0 Å². The van der Waals surface area contributed by atoms with E-state index in [1.165, 1.54) is 0 Å². The van der Waals surface area contributed by atoms with E-state index in [0.29, 0.717) is 22.6 Å². The second-order valence-corrected chi connectivity index (χ2v) is 7.84. The Balaban J connectivity index is 1.51. The van der Waals surface area contributed by atoms with E-state index in [2.05, 4.69) is 5.32 Å². The predicted octanol–water partition coefficient (Wildman–Crippen LogP) is 4.99. The van der Waals surface area contributed by atoms with E-state index < -0.39 is 0 Å². The Bertz CT molecular complexity index is 765. The van der Waals surface area contributed by atoms with Crippen LogP contribution < -0.4 is 5.32 Å². The molecule has 0 atom stereocenters. The highest BCUT2D eigenvalue weighted by atomic mass is 35.5. The molecule has 1 aliphatic heterocycles. The number of carbonyl (C=O) groups excluding carboxylic acids is 1. The number of nitrogens with one attached hydrogen (secondary N) is 1. The molecule has 140 valence electrons. The predicted molar refractivity (Wildman–Crippen MR) is 105 cm³/mol. The molecule has 2 heterocycles. The van der Waals surface area contributed by atoms with E-state index in [4.69, 9.17) is 27.6 Å². The molecule has 1 saturated heterocycles. The van der Waals surface area contributed by atoms with Crippen LogP contribution in [-0.2, 0) is 11.3 Å². The Kier molecular flexibility index (Phi) is 6.28. The van der Waals surface area contributed by atoms with Gasteiger partial charge in [0, 0.05) is 30.6 Å². The maximum atomic E-state index is 12.0. The lowest BCUT2D eigenvalue weighted by Crippen LogP contribution is -2.45. The lowest BCUT2D eigenvalue weighted by molar-refractivity contribution is -0.135. The van der Waals surface area contributed by atoms with Crippen LogP contribution in [0.15, 0.2) is 34.7 Å². The van der Waals surface area contributed by atoms with Gasteiger partial charge in [0.2, 0.25) is 5.91 Å². The number of hydrogen-bond donors (Lipinski definition) is 1. The SMILES string of the molecule is CC(C)C(=O)N1CCC(NCc2ccc(-c3ccc(Cl)c(Cl)c3)o2)CC1. The number of nitrogens with zero attached hydrogens (tertiary/aromatic N) is 1. The van der Waals surface area contributed by atoms with Gasteiger partial charge in [0.25, 0.3) is 0 Å². The molecule has 1 N–H and O–H groups in total. The summed E-state index contributed by atoms with van der Waals surface area (Å²) in [5.41, 5.74) is 0.908. The number of likely N-dealkylation sites (tertiary alicyclic amines) is 1. The lowest BCUT2D eigenvalue weighted by atomic mass is 10.0. The number of amides is 1. The van der Waals surface area contributed by atoms with Gasteiger partial charge in [-0.25, -0.2) is 0 Å². The Morgan fingerprint density at radius 3 is 2.58 bits per heavy atom. The zero-order valence-electron chi connectivity index (χ0n) is 15.1. The first-order valence-corrected chi connectivity index (χ1v) is 9.76. The first-order valence-electron chi connectivity index (χ1n) is 9.00. The molecule has 1 aromatic heterocycles. The molecule has 1 aromatic carbocycles. The second kappa shape index (κ2) is 8.47. The third kappa shape index (κ3) is 4.61. The van der Waals surface area contributed by atoms with Crippen LogP contribution in [0.5, 0.6) is 0 Å². The van der Waals surface area contributed by atoms with Gasteiger partial charge < -0.3 is 14.6 Å². The number of hydrogen-bond acceptors (Lipinski definition) is 3. The van der Waals surface area contributed by atoms with E-state index in [1.807, 2.05) is 36.9 Å². The summed E-state index contributed by atoms with van der Waals surface area (Å²) in [6.07, 6.45) is 1.94. The topological polar surface area (TPSA) is 45.5 Å². The first-order chi connectivity index (χ1) is 12.4. The van der Waals surface area contributed by atoms with Crippen molar-refractivity contribution in [2.24, 2.45) is 5.92 Å². The molecule has 4 nitrogen and oxygen atoms in total. The highest BCUT2D eigenvalue weighted by Crippen LogP contribution is 2.29.